The molecule has 4 N–H and O–H groups in total. The zero-order chi connectivity index (χ0) is 15.7. The number of primary sulfonamides is 1. The molecule has 1 aliphatic heterocycles. The predicted octanol–water partition coefficient (Wildman–Crippen LogP) is 1.74. The third-order valence-corrected chi connectivity index (χ3v) is 4.17. The Balaban J connectivity index is 1.91. The molecule has 112 valence electrons. The molecule has 1 aliphatic rings. The Morgan fingerprint density at radius 3 is 2.64 bits per heavy atom. The number of hydrogen-bond acceptors (Lipinski definition) is 4. The lowest BCUT2D eigenvalue weighted by molar-refractivity contribution is -0.110. The van der Waals surface area contributed by atoms with Crippen molar-refractivity contribution in [2.24, 2.45) is 5.14 Å². The minimum absolute atomic E-state index is 0.00664. The summed E-state index contributed by atoms with van der Waals surface area (Å²) in [6.45, 7) is 0. The van der Waals surface area contributed by atoms with Gasteiger partial charge in [0, 0.05) is 23.1 Å². The highest BCUT2D eigenvalue weighted by molar-refractivity contribution is 7.89. The van der Waals surface area contributed by atoms with Gasteiger partial charge < -0.3 is 10.6 Å². The molecule has 0 aliphatic carbocycles. The van der Waals surface area contributed by atoms with Crippen LogP contribution in [0.15, 0.2) is 59.6 Å². The summed E-state index contributed by atoms with van der Waals surface area (Å²) in [5.41, 5.74) is 2.55. The van der Waals surface area contributed by atoms with Gasteiger partial charge in [0.05, 0.1) is 10.5 Å². The van der Waals surface area contributed by atoms with Gasteiger partial charge in [0.15, 0.2) is 0 Å². The lowest BCUT2D eigenvalue weighted by Crippen LogP contribution is -2.12. The normalized spacial score (nSPS) is 15.5. The van der Waals surface area contributed by atoms with Crippen LogP contribution < -0.4 is 15.8 Å². The van der Waals surface area contributed by atoms with E-state index in [2.05, 4.69) is 10.6 Å². The molecule has 0 bridgehead atoms. The number of fused-ring (bicyclic) bond motifs is 1. The average Bonchev–Trinajstić information content (AvgIpc) is 2.80. The molecular formula is C15H13N3O3S. The van der Waals surface area contributed by atoms with E-state index in [-0.39, 0.29) is 10.8 Å². The van der Waals surface area contributed by atoms with Gasteiger partial charge in [0.1, 0.15) is 0 Å². The maximum absolute atomic E-state index is 11.9. The highest BCUT2D eigenvalue weighted by Gasteiger charge is 2.23. The molecule has 3 rings (SSSR count). The molecule has 1 heterocycles. The number of carbonyl (C=O) groups is 1. The second-order valence-electron chi connectivity index (χ2n) is 4.77. The fourth-order valence-corrected chi connectivity index (χ4v) is 2.76. The molecule has 0 spiro atoms. The first kappa shape index (κ1) is 14.3. The second kappa shape index (κ2) is 5.28. The van der Waals surface area contributed by atoms with Crippen molar-refractivity contribution in [1.29, 1.82) is 0 Å². The van der Waals surface area contributed by atoms with Crippen LogP contribution in [-0.4, -0.2) is 14.3 Å². The summed E-state index contributed by atoms with van der Waals surface area (Å²) >= 11 is 0. The third-order valence-electron chi connectivity index (χ3n) is 3.26. The number of anilines is 2. The molecule has 7 heteroatoms. The van der Waals surface area contributed by atoms with E-state index in [0.29, 0.717) is 11.3 Å². The summed E-state index contributed by atoms with van der Waals surface area (Å²) < 4.78 is 22.7. The van der Waals surface area contributed by atoms with Gasteiger partial charge in [-0.05, 0) is 24.3 Å². The molecule has 1 amide bonds. The minimum Gasteiger partial charge on any atom is -0.361 e. The minimum atomic E-state index is -3.76. The monoisotopic (exact) mass is 315 g/mol. The Hall–Kier alpha value is -2.64. The van der Waals surface area contributed by atoms with Crippen LogP contribution in [0.2, 0.25) is 0 Å². The van der Waals surface area contributed by atoms with Gasteiger partial charge in [-0.25, -0.2) is 13.6 Å². The lowest BCUT2D eigenvalue weighted by Gasteiger charge is -2.04. The fourth-order valence-electron chi connectivity index (χ4n) is 2.20. The Bertz CT molecular complexity index is 888. The maximum atomic E-state index is 11.9. The van der Waals surface area contributed by atoms with E-state index in [0.717, 1.165) is 11.3 Å². The first-order valence-electron chi connectivity index (χ1n) is 6.45. The van der Waals surface area contributed by atoms with E-state index >= 15 is 0 Å². The summed E-state index contributed by atoms with van der Waals surface area (Å²) in [6, 6.07) is 13.4. The number of amides is 1. The number of hydrogen-bond donors (Lipinski definition) is 3. The fraction of sp³-hybridized carbons (Fsp3) is 0. The molecule has 6 nitrogen and oxygen atoms in total. The summed E-state index contributed by atoms with van der Waals surface area (Å²) in [5, 5.41) is 10.8. The van der Waals surface area contributed by atoms with Gasteiger partial charge in [-0.2, -0.15) is 0 Å². The Morgan fingerprint density at radius 1 is 1.09 bits per heavy atom. The molecule has 0 saturated carbocycles. The van der Waals surface area contributed by atoms with Crippen LogP contribution in [0, 0.1) is 0 Å². The van der Waals surface area contributed by atoms with Crippen LogP contribution in [0.1, 0.15) is 5.56 Å². The van der Waals surface area contributed by atoms with Gasteiger partial charge >= 0.3 is 0 Å². The van der Waals surface area contributed by atoms with Crippen molar-refractivity contribution in [2.45, 2.75) is 4.90 Å². The van der Waals surface area contributed by atoms with Crippen molar-refractivity contribution in [1.82, 2.24) is 0 Å². The Labute approximate surface area is 127 Å². The van der Waals surface area contributed by atoms with E-state index < -0.39 is 10.0 Å². The van der Waals surface area contributed by atoms with E-state index in [1.54, 1.807) is 18.3 Å². The van der Waals surface area contributed by atoms with Crippen molar-refractivity contribution >= 4 is 32.9 Å². The molecule has 2 aromatic rings. The van der Waals surface area contributed by atoms with Crippen molar-refractivity contribution in [3.05, 3.63) is 60.3 Å². The van der Waals surface area contributed by atoms with Gasteiger partial charge in [-0.15, -0.1) is 0 Å². The van der Waals surface area contributed by atoms with Crippen LogP contribution in [-0.2, 0) is 14.8 Å². The molecular weight excluding hydrogens is 302 g/mol. The first-order chi connectivity index (χ1) is 10.4. The summed E-state index contributed by atoms with van der Waals surface area (Å²) in [5.74, 6) is -0.212. The van der Waals surface area contributed by atoms with Gasteiger partial charge in [0.2, 0.25) is 10.0 Å². The Kier molecular flexibility index (Phi) is 3.44. The van der Waals surface area contributed by atoms with Crippen LogP contribution >= 0.6 is 0 Å². The topological polar surface area (TPSA) is 101 Å². The maximum Gasteiger partial charge on any atom is 0.257 e. The molecule has 0 saturated heterocycles. The first-order valence-corrected chi connectivity index (χ1v) is 8.00. The molecule has 0 aromatic heterocycles. The number of para-hydroxylation sites is 1. The van der Waals surface area contributed by atoms with Crippen molar-refractivity contribution < 1.29 is 13.2 Å². The lowest BCUT2D eigenvalue weighted by atomic mass is 10.1. The van der Waals surface area contributed by atoms with Gasteiger partial charge in [0.25, 0.3) is 5.91 Å². The largest absolute Gasteiger partial charge is 0.361 e. The number of rotatable bonds is 3. The van der Waals surface area contributed by atoms with E-state index in [1.807, 2.05) is 24.3 Å². The van der Waals surface area contributed by atoms with Crippen LogP contribution in [0.3, 0.4) is 0 Å². The second-order valence-corrected chi connectivity index (χ2v) is 6.34. The summed E-state index contributed by atoms with van der Waals surface area (Å²) in [7, 11) is -3.76. The van der Waals surface area contributed by atoms with Crippen LogP contribution in [0.25, 0.3) is 5.57 Å². The standard InChI is InChI=1S/C15H13N3O3S/c16-22(20,21)11-5-3-4-10(8-11)17-9-13-12-6-1-2-7-14(12)18-15(13)19/h1-9,17H,(H,18,19)(H2,16,20,21)/b13-9-. The number of benzene rings is 2. The summed E-state index contributed by atoms with van der Waals surface area (Å²) in [4.78, 5) is 12.0. The van der Waals surface area contributed by atoms with E-state index in [9.17, 15) is 13.2 Å². The number of nitrogens with one attached hydrogen (secondary N) is 2. The highest BCUT2D eigenvalue weighted by atomic mass is 32.2. The van der Waals surface area contributed by atoms with Crippen molar-refractivity contribution in [3.63, 3.8) is 0 Å². The molecule has 0 radical (unpaired) electrons. The number of sulfonamides is 1. The van der Waals surface area contributed by atoms with Crippen LogP contribution in [0.4, 0.5) is 11.4 Å². The quantitative estimate of drug-likeness (QED) is 0.751. The number of carbonyl (C=O) groups excluding carboxylic acids is 1. The number of nitrogens with two attached hydrogens (primary N) is 1. The van der Waals surface area contributed by atoms with Gasteiger partial charge in [-0.3, -0.25) is 4.79 Å². The zero-order valence-electron chi connectivity index (χ0n) is 11.4. The molecule has 0 fully saturated rings. The SMILES string of the molecule is NS(=O)(=O)c1cccc(N/C=C2\C(=O)Nc3ccccc32)c1. The highest BCUT2D eigenvalue weighted by Crippen LogP contribution is 2.31. The predicted molar refractivity (Wildman–Crippen MR) is 84.5 cm³/mol. The molecule has 0 unspecified atom stereocenters. The Morgan fingerprint density at radius 2 is 1.86 bits per heavy atom. The average molecular weight is 315 g/mol. The van der Waals surface area contributed by atoms with Crippen molar-refractivity contribution in [2.75, 3.05) is 10.6 Å². The molecule has 22 heavy (non-hydrogen) atoms. The van der Waals surface area contributed by atoms with E-state index in [1.165, 1.54) is 12.1 Å². The summed E-state index contributed by atoms with van der Waals surface area (Å²) in [6.07, 6.45) is 1.55. The van der Waals surface area contributed by atoms with Crippen molar-refractivity contribution in [3.8, 4) is 0 Å². The van der Waals surface area contributed by atoms with Crippen LogP contribution in [0.5, 0.6) is 0 Å². The van der Waals surface area contributed by atoms with E-state index in [4.69, 9.17) is 5.14 Å². The zero-order valence-corrected chi connectivity index (χ0v) is 12.2. The third kappa shape index (κ3) is 2.72. The smallest absolute Gasteiger partial charge is 0.257 e. The molecule has 2 aromatic carbocycles. The van der Waals surface area contributed by atoms with Gasteiger partial charge in [-0.1, -0.05) is 24.3 Å². The molecule has 0 atom stereocenters.